The van der Waals surface area contributed by atoms with Crippen molar-refractivity contribution >= 4 is 5.91 Å². The predicted octanol–water partition coefficient (Wildman–Crippen LogP) is 1.68. The minimum atomic E-state index is -0.180. The molecule has 0 aliphatic heterocycles. The molecular weight excluding hydrogens is 330 g/mol. The number of nitrogens with zero attached hydrogens (tertiary/aromatic N) is 7. The zero-order chi connectivity index (χ0) is 18.2. The number of hydrogen-bond donors (Lipinski definition) is 0. The standard InChI is InChI=1S/C18H17N7O/c19-9-5-11-24(13-15-6-4-10-20-12-15)17(26)14-25-22-18(21-23-25)16-7-2-1-3-8-16/h1-4,6-8,10,12H,5,11,13-14H2. The zero-order valence-electron chi connectivity index (χ0n) is 14.1. The summed E-state index contributed by atoms with van der Waals surface area (Å²) in [5.74, 6) is 0.287. The first-order valence-electron chi connectivity index (χ1n) is 8.13. The number of amides is 1. The summed E-state index contributed by atoms with van der Waals surface area (Å²) >= 11 is 0. The van der Waals surface area contributed by atoms with E-state index < -0.39 is 0 Å². The monoisotopic (exact) mass is 347 g/mol. The maximum atomic E-state index is 12.6. The van der Waals surface area contributed by atoms with Crippen LogP contribution in [0.25, 0.3) is 11.4 Å². The van der Waals surface area contributed by atoms with Crippen molar-refractivity contribution in [2.24, 2.45) is 0 Å². The summed E-state index contributed by atoms with van der Waals surface area (Å²) in [5.41, 5.74) is 1.73. The average molecular weight is 347 g/mol. The van der Waals surface area contributed by atoms with Gasteiger partial charge in [-0.3, -0.25) is 9.78 Å². The second kappa shape index (κ2) is 8.48. The first-order chi connectivity index (χ1) is 12.8. The van der Waals surface area contributed by atoms with E-state index in [9.17, 15) is 4.79 Å². The minimum Gasteiger partial charge on any atom is -0.336 e. The average Bonchev–Trinajstić information content (AvgIpc) is 3.15. The van der Waals surface area contributed by atoms with Crippen LogP contribution in [0.4, 0.5) is 0 Å². The molecule has 0 N–H and O–H groups in total. The molecule has 0 saturated heterocycles. The number of pyridine rings is 1. The van der Waals surface area contributed by atoms with Crippen molar-refractivity contribution in [3.63, 3.8) is 0 Å². The molecule has 0 radical (unpaired) electrons. The van der Waals surface area contributed by atoms with Crippen LogP contribution in [0.1, 0.15) is 12.0 Å². The predicted molar refractivity (Wildman–Crippen MR) is 93.1 cm³/mol. The molecule has 0 aliphatic carbocycles. The Bertz CT molecular complexity index is 887. The van der Waals surface area contributed by atoms with E-state index in [0.717, 1.165) is 11.1 Å². The molecule has 130 valence electrons. The van der Waals surface area contributed by atoms with Crippen LogP contribution in [-0.2, 0) is 17.9 Å². The Kier molecular flexibility index (Phi) is 5.62. The summed E-state index contributed by atoms with van der Waals surface area (Å²) in [6.45, 7) is 0.685. The molecule has 0 saturated carbocycles. The molecule has 0 atom stereocenters. The van der Waals surface area contributed by atoms with Crippen molar-refractivity contribution in [3.8, 4) is 17.5 Å². The number of aromatic nitrogens is 5. The molecule has 1 aromatic carbocycles. The highest BCUT2D eigenvalue weighted by molar-refractivity contribution is 5.75. The van der Waals surface area contributed by atoms with Crippen LogP contribution >= 0.6 is 0 Å². The van der Waals surface area contributed by atoms with E-state index in [2.05, 4.69) is 26.5 Å². The van der Waals surface area contributed by atoms with Crippen LogP contribution in [0, 0.1) is 11.3 Å². The lowest BCUT2D eigenvalue weighted by atomic mass is 10.2. The molecule has 1 amide bonds. The second-order valence-electron chi connectivity index (χ2n) is 5.59. The third kappa shape index (κ3) is 4.48. The smallest absolute Gasteiger partial charge is 0.246 e. The Balaban J connectivity index is 1.69. The van der Waals surface area contributed by atoms with Gasteiger partial charge in [-0.15, -0.1) is 10.2 Å². The molecule has 3 rings (SSSR count). The lowest BCUT2D eigenvalue weighted by molar-refractivity contribution is -0.132. The van der Waals surface area contributed by atoms with Crippen LogP contribution in [0.15, 0.2) is 54.9 Å². The van der Waals surface area contributed by atoms with Gasteiger partial charge in [0, 0.05) is 31.0 Å². The Morgan fingerprint density at radius 3 is 2.77 bits per heavy atom. The summed E-state index contributed by atoms with van der Waals surface area (Å²) in [5, 5.41) is 21.0. The van der Waals surface area contributed by atoms with E-state index in [1.807, 2.05) is 42.5 Å². The molecule has 26 heavy (non-hydrogen) atoms. The minimum absolute atomic E-state index is 0.0362. The SMILES string of the molecule is N#CCCN(Cc1cccnc1)C(=O)Cn1nnc(-c2ccccc2)n1. The van der Waals surface area contributed by atoms with Crippen molar-refractivity contribution in [2.45, 2.75) is 19.5 Å². The topological polar surface area (TPSA) is 101 Å². The largest absolute Gasteiger partial charge is 0.336 e. The first kappa shape index (κ1) is 17.2. The fourth-order valence-electron chi connectivity index (χ4n) is 2.42. The number of tetrazole rings is 1. The molecule has 0 aliphatic rings. The van der Waals surface area contributed by atoms with Crippen molar-refractivity contribution < 1.29 is 4.79 Å². The van der Waals surface area contributed by atoms with Gasteiger partial charge >= 0.3 is 0 Å². The van der Waals surface area contributed by atoms with E-state index in [1.165, 1.54) is 4.80 Å². The fourth-order valence-corrected chi connectivity index (χ4v) is 2.42. The molecular formula is C18H17N7O. The quantitative estimate of drug-likeness (QED) is 0.644. The molecule has 2 aromatic heterocycles. The van der Waals surface area contributed by atoms with Crippen LogP contribution in [0.5, 0.6) is 0 Å². The van der Waals surface area contributed by atoms with E-state index in [0.29, 0.717) is 18.9 Å². The van der Waals surface area contributed by atoms with Gasteiger partial charge in [0.25, 0.3) is 0 Å². The van der Waals surface area contributed by atoms with Crippen LogP contribution in [0.3, 0.4) is 0 Å². The lowest BCUT2D eigenvalue weighted by Gasteiger charge is -2.21. The van der Waals surface area contributed by atoms with Crippen molar-refractivity contribution in [1.82, 2.24) is 30.1 Å². The highest BCUT2D eigenvalue weighted by Gasteiger charge is 2.16. The Hall–Kier alpha value is -3.60. The van der Waals surface area contributed by atoms with E-state index in [1.54, 1.807) is 17.3 Å². The third-order valence-corrected chi connectivity index (χ3v) is 3.70. The summed E-state index contributed by atoms with van der Waals surface area (Å²) in [6.07, 6.45) is 3.63. The van der Waals surface area contributed by atoms with Gasteiger partial charge in [-0.1, -0.05) is 36.4 Å². The maximum absolute atomic E-state index is 12.6. The van der Waals surface area contributed by atoms with Crippen LogP contribution in [0.2, 0.25) is 0 Å². The van der Waals surface area contributed by atoms with Gasteiger partial charge in [-0.25, -0.2) is 0 Å². The number of carbonyl (C=O) groups is 1. The summed E-state index contributed by atoms with van der Waals surface area (Å²) in [4.78, 5) is 19.6. The van der Waals surface area contributed by atoms with E-state index in [-0.39, 0.29) is 18.9 Å². The first-order valence-corrected chi connectivity index (χ1v) is 8.13. The number of benzene rings is 1. The van der Waals surface area contributed by atoms with Gasteiger partial charge < -0.3 is 4.90 Å². The van der Waals surface area contributed by atoms with Gasteiger partial charge in [-0.05, 0) is 16.8 Å². The van der Waals surface area contributed by atoms with Crippen LogP contribution in [-0.4, -0.2) is 42.5 Å². The highest BCUT2D eigenvalue weighted by Crippen LogP contribution is 2.12. The molecule has 8 nitrogen and oxygen atoms in total. The third-order valence-electron chi connectivity index (χ3n) is 3.70. The lowest BCUT2D eigenvalue weighted by Crippen LogP contribution is -2.34. The summed E-state index contributed by atoms with van der Waals surface area (Å²) < 4.78 is 0. The van der Waals surface area contributed by atoms with Crippen LogP contribution < -0.4 is 0 Å². The normalized spacial score (nSPS) is 10.3. The number of carbonyl (C=O) groups excluding carboxylic acids is 1. The summed E-state index contributed by atoms with van der Waals surface area (Å²) in [7, 11) is 0. The number of hydrogen-bond acceptors (Lipinski definition) is 6. The van der Waals surface area contributed by atoms with Gasteiger partial charge in [0.05, 0.1) is 12.5 Å². The van der Waals surface area contributed by atoms with Crippen molar-refractivity contribution in [1.29, 1.82) is 5.26 Å². The molecule has 2 heterocycles. The Labute approximate surface area is 150 Å². The van der Waals surface area contributed by atoms with Crippen molar-refractivity contribution in [3.05, 3.63) is 60.4 Å². The molecule has 0 bridgehead atoms. The maximum Gasteiger partial charge on any atom is 0.246 e. The van der Waals surface area contributed by atoms with Gasteiger partial charge in [-0.2, -0.15) is 10.1 Å². The van der Waals surface area contributed by atoms with E-state index >= 15 is 0 Å². The highest BCUT2D eigenvalue weighted by atomic mass is 16.2. The fraction of sp³-hybridized carbons (Fsp3) is 0.222. The van der Waals surface area contributed by atoms with Gasteiger partial charge in [0.1, 0.15) is 6.54 Å². The van der Waals surface area contributed by atoms with Gasteiger partial charge in [0.2, 0.25) is 11.7 Å². The Morgan fingerprint density at radius 1 is 1.19 bits per heavy atom. The van der Waals surface area contributed by atoms with Crippen molar-refractivity contribution in [2.75, 3.05) is 6.54 Å². The molecule has 0 fully saturated rings. The molecule has 3 aromatic rings. The number of nitriles is 1. The molecule has 0 unspecified atom stereocenters. The van der Waals surface area contributed by atoms with Gasteiger partial charge in [0.15, 0.2) is 0 Å². The van der Waals surface area contributed by atoms with E-state index in [4.69, 9.17) is 5.26 Å². The molecule has 0 spiro atoms. The number of rotatable bonds is 7. The Morgan fingerprint density at radius 2 is 2.04 bits per heavy atom. The zero-order valence-corrected chi connectivity index (χ0v) is 14.1. The molecule has 8 heteroatoms. The second-order valence-corrected chi connectivity index (χ2v) is 5.59. The summed E-state index contributed by atoms with van der Waals surface area (Å²) in [6, 6.07) is 15.2.